The molecule has 0 bridgehead atoms. The van der Waals surface area contributed by atoms with Crippen molar-refractivity contribution in [3.8, 4) is 0 Å². The van der Waals surface area contributed by atoms with Crippen molar-refractivity contribution in [3.63, 3.8) is 0 Å². The Morgan fingerprint density at radius 1 is 1.20 bits per heavy atom. The maximum Gasteiger partial charge on any atom is 0.263 e. The maximum absolute atomic E-state index is 12.2. The number of benzene rings is 1. The fourth-order valence-corrected chi connectivity index (χ4v) is 3.81. The van der Waals surface area contributed by atoms with Crippen LogP contribution in [0.15, 0.2) is 58.7 Å². The number of carbonyl (C=O) groups is 1. The second kappa shape index (κ2) is 7.02. The Morgan fingerprint density at radius 2 is 1.92 bits per heavy atom. The average Bonchev–Trinajstić information content (AvgIpc) is 2.87. The van der Waals surface area contributed by atoms with Gasteiger partial charge in [-0.3, -0.25) is 19.5 Å². The highest BCUT2D eigenvalue weighted by Gasteiger charge is 2.29. The van der Waals surface area contributed by atoms with Crippen LogP contribution in [0, 0.1) is 0 Å². The molecule has 8 heteroatoms. The quantitative estimate of drug-likeness (QED) is 0.868. The van der Waals surface area contributed by atoms with E-state index in [1.807, 2.05) is 12.1 Å². The summed E-state index contributed by atoms with van der Waals surface area (Å²) in [5.41, 5.74) is 1.54. The molecule has 2 heterocycles. The predicted octanol–water partition coefficient (Wildman–Crippen LogP) is 1.17. The summed E-state index contributed by atoms with van der Waals surface area (Å²) in [7, 11) is -1.82. The van der Waals surface area contributed by atoms with Crippen LogP contribution < -0.4 is 4.72 Å². The molecular weight excluding hydrogens is 340 g/mol. The number of nitrogens with zero attached hydrogens (tertiary/aromatic N) is 3. The molecule has 0 spiro atoms. The van der Waals surface area contributed by atoms with E-state index in [0.717, 1.165) is 5.56 Å². The molecule has 1 aliphatic heterocycles. The van der Waals surface area contributed by atoms with Gasteiger partial charge in [0.15, 0.2) is 0 Å². The number of sulfonamides is 1. The number of rotatable bonds is 5. The number of amides is 1. The van der Waals surface area contributed by atoms with E-state index in [2.05, 4.69) is 14.7 Å². The highest BCUT2D eigenvalue weighted by atomic mass is 32.2. The number of carbonyl (C=O) groups excluding carboxylic acids is 1. The number of hydrogen-bond donors (Lipinski definition) is 1. The van der Waals surface area contributed by atoms with Crippen LogP contribution in [-0.2, 0) is 21.4 Å². The zero-order valence-corrected chi connectivity index (χ0v) is 14.5. The van der Waals surface area contributed by atoms with E-state index >= 15 is 0 Å². The van der Waals surface area contributed by atoms with E-state index in [1.165, 1.54) is 6.07 Å². The van der Waals surface area contributed by atoms with Gasteiger partial charge >= 0.3 is 0 Å². The first-order valence-electron chi connectivity index (χ1n) is 7.77. The van der Waals surface area contributed by atoms with Gasteiger partial charge in [0, 0.05) is 38.0 Å². The molecule has 0 atom stereocenters. The normalized spacial score (nSPS) is 16.3. The Kier molecular flexibility index (Phi) is 4.80. The summed E-state index contributed by atoms with van der Waals surface area (Å²) in [4.78, 5) is 22.2. The Morgan fingerprint density at radius 3 is 2.68 bits per heavy atom. The van der Waals surface area contributed by atoms with Crippen molar-refractivity contribution in [2.75, 3.05) is 13.6 Å². The van der Waals surface area contributed by atoms with Gasteiger partial charge in [0.05, 0.1) is 11.4 Å². The Balaban J connectivity index is 1.61. The third-order valence-corrected chi connectivity index (χ3v) is 5.25. The molecule has 7 nitrogen and oxygen atoms in total. The standard InChI is InChI=1S/C17H18N4O3S/c1-21(12-13-6-9-18-10-7-13)16(22)8-11-19-17-14-4-2-3-5-15(14)25(23,24)20-17/h2-7,9-10H,8,11-12H2,1H3,(H,19,20). The van der Waals surface area contributed by atoms with E-state index < -0.39 is 10.0 Å². The van der Waals surface area contributed by atoms with E-state index in [1.54, 1.807) is 42.5 Å². The SMILES string of the molecule is CN(Cc1ccncc1)C(=O)CCN=C1NS(=O)(=O)c2ccccc21. The molecule has 1 N–H and O–H groups in total. The lowest BCUT2D eigenvalue weighted by molar-refractivity contribution is -0.130. The molecule has 3 rings (SSSR count). The topological polar surface area (TPSA) is 91.7 Å². The lowest BCUT2D eigenvalue weighted by Crippen LogP contribution is -2.27. The van der Waals surface area contributed by atoms with Gasteiger partial charge in [-0.05, 0) is 29.8 Å². The van der Waals surface area contributed by atoms with Crippen molar-refractivity contribution < 1.29 is 13.2 Å². The molecule has 130 valence electrons. The van der Waals surface area contributed by atoms with Crippen LogP contribution in [0.1, 0.15) is 17.5 Å². The van der Waals surface area contributed by atoms with Crippen LogP contribution in [0.3, 0.4) is 0 Å². The molecule has 1 aromatic carbocycles. The number of hydrogen-bond acceptors (Lipinski definition) is 5. The Labute approximate surface area is 146 Å². The van der Waals surface area contributed by atoms with Crippen molar-refractivity contribution in [2.45, 2.75) is 17.9 Å². The van der Waals surface area contributed by atoms with Gasteiger partial charge in [-0.25, -0.2) is 8.42 Å². The summed E-state index contributed by atoms with van der Waals surface area (Å²) < 4.78 is 26.4. The fourth-order valence-electron chi connectivity index (χ4n) is 2.56. The molecule has 0 saturated carbocycles. The summed E-state index contributed by atoms with van der Waals surface area (Å²) in [5, 5.41) is 0. The minimum Gasteiger partial charge on any atom is -0.341 e. The number of fused-ring (bicyclic) bond motifs is 1. The first-order valence-corrected chi connectivity index (χ1v) is 9.25. The molecule has 1 amide bonds. The largest absolute Gasteiger partial charge is 0.341 e. The molecule has 1 aromatic heterocycles. The summed E-state index contributed by atoms with van der Waals surface area (Å²) in [6.45, 7) is 0.707. The average molecular weight is 358 g/mol. The zero-order chi connectivity index (χ0) is 17.9. The van der Waals surface area contributed by atoms with E-state index in [0.29, 0.717) is 17.9 Å². The second-order valence-corrected chi connectivity index (χ2v) is 7.34. The van der Waals surface area contributed by atoms with Crippen LogP contribution in [-0.4, -0.2) is 43.6 Å². The Hall–Kier alpha value is -2.74. The van der Waals surface area contributed by atoms with Gasteiger partial charge in [-0.15, -0.1) is 0 Å². The van der Waals surface area contributed by atoms with E-state index in [-0.39, 0.29) is 23.8 Å². The van der Waals surface area contributed by atoms with Gasteiger partial charge in [0.2, 0.25) is 5.91 Å². The monoisotopic (exact) mass is 358 g/mol. The maximum atomic E-state index is 12.2. The van der Waals surface area contributed by atoms with Crippen molar-refractivity contribution in [2.24, 2.45) is 4.99 Å². The van der Waals surface area contributed by atoms with Gasteiger partial charge < -0.3 is 4.90 Å². The van der Waals surface area contributed by atoms with Crippen molar-refractivity contribution in [3.05, 3.63) is 59.9 Å². The van der Waals surface area contributed by atoms with Crippen LogP contribution in [0.25, 0.3) is 0 Å². The molecule has 0 saturated heterocycles. The highest BCUT2D eigenvalue weighted by Crippen LogP contribution is 2.22. The van der Waals surface area contributed by atoms with Crippen LogP contribution in [0.2, 0.25) is 0 Å². The zero-order valence-electron chi connectivity index (χ0n) is 13.7. The molecule has 0 radical (unpaired) electrons. The van der Waals surface area contributed by atoms with Crippen molar-refractivity contribution in [1.29, 1.82) is 0 Å². The summed E-state index contributed by atoms with van der Waals surface area (Å²) in [6.07, 6.45) is 3.57. The van der Waals surface area contributed by atoms with Gasteiger partial charge in [-0.1, -0.05) is 12.1 Å². The fraction of sp³-hybridized carbons (Fsp3) is 0.235. The van der Waals surface area contributed by atoms with Crippen molar-refractivity contribution >= 4 is 21.8 Å². The number of nitrogens with one attached hydrogen (secondary N) is 1. The van der Waals surface area contributed by atoms with Crippen LogP contribution in [0.5, 0.6) is 0 Å². The first kappa shape index (κ1) is 17.1. The summed E-state index contributed by atoms with van der Waals surface area (Å²) in [6, 6.07) is 10.4. The van der Waals surface area contributed by atoms with Crippen LogP contribution in [0.4, 0.5) is 0 Å². The van der Waals surface area contributed by atoms with Gasteiger partial charge in [-0.2, -0.15) is 0 Å². The molecule has 0 fully saturated rings. The highest BCUT2D eigenvalue weighted by molar-refractivity contribution is 7.90. The third-order valence-electron chi connectivity index (χ3n) is 3.85. The minimum atomic E-state index is -3.54. The number of amidine groups is 1. The second-order valence-electron chi connectivity index (χ2n) is 5.69. The molecule has 25 heavy (non-hydrogen) atoms. The summed E-state index contributed by atoms with van der Waals surface area (Å²) >= 11 is 0. The number of pyridine rings is 1. The van der Waals surface area contributed by atoms with Gasteiger partial charge in [0.1, 0.15) is 5.84 Å². The minimum absolute atomic E-state index is 0.0599. The Bertz CT molecular complexity index is 911. The lowest BCUT2D eigenvalue weighted by atomic mass is 10.2. The smallest absolute Gasteiger partial charge is 0.263 e. The van der Waals surface area contributed by atoms with E-state index in [9.17, 15) is 13.2 Å². The first-order chi connectivity index (χ1) is 12.0. The van der Waals surface area contributed by atoms with Gasteiger partial charge in [0.25, 0.3) is 10.0 Å². The molecule has 2 aromatic rings. The molecule has 1 aliphatic rings. The van der Waals surface area contributed by atoms with Crippen molar-refractivity contribution in [1.82, 2.24) is 14.6 Å². The van der Waals surface area contributed by atoms with Crippen LogP contribution >= 0.6 is 0 Å². The predicted molar refractivity (Wildman–Crippen MR) is 93.5 cm³/mol. The lowest BCUT2D eigenvalue weighted by Gasteiger charge is -2.16. The third kappa shape index (κ3) is 3.85. The van der Waals surface area contributed by atoms with E-state index in [4.69, 9.17) is 0 Å². The summed E-state index contributed by atoms with van der Waals surface area (Å²) in [5.74, 6) is 0.232. The molecule has 0 unspecified atom stereocenters. The number of aliphatic imine (C=N–C) groups is 1. The molecule has 0 aliphatic carbocycles. The number of aromatic nitrogens is 1. The molecular formula is C17H18N4O3S.